The number of nitrogens with one attached hydrogen (secondary N) is 2. The summed E-state index contributed by atoms with van der Waals surface area (Å²) in [6.07, 6.45) is 0.775. The number of hydrogen-bond donors (Lipinski definition) is 3. The maximum atomic E-state index is 12.9. The molecule has 2 aromatic carbocycles. The van der Waals surface area contributed by atoms with Crippen molar-refractivity contribution >= 4 is 18.0 Å². The fourth-order valence-electron chi connectivity index (χ4n) is 3.03. The lowest BCUT2D eigenvalue weighted by Gasteiger charge is -2.22. The first-order valence-electron chi connectivity index (χ1n) is 11.1. The second kappa shape index (κ2) is 14.6. The SMILES string of the molecule is CCCCOC(=O)N[C@H](CC(=O)OCc1ccccc1)C(=O)N[C@H](CO)Cc1ccccc1. The lowest BCUT2D eigenvalue weighted by atomic mass is 10.1. The first-order valence-corrected chi connectivity index (χ1v) is 11.1. The van der Waals surface area contributed by atoms with Crippen LogP contribution >= 0.6 is 0 Å². The summed E-state index contributed by atoms with van der Waals surface area (Å²) < 4.78 is 10.3. The summed E-state index contributed by atoms with van der Waals surface area (Å²) in [6.45, 7) is 1.93. The van der Waals surface area contributed by atoms with Crippen LogP contribution in [0, 0.1) is 0 Å². The smallest absolute Gasteiger partial charge is 0.407 e. The zero-order valence-electron chi connectivity index (χ0n) is 18.9. The van der Waals surface area contributed by atoms with E-state index in [4.69, 9.17) is 9.47 Å². The van der Waals surface area contributed by atoms with Crippen LogP contribution in [-0.2, 0) is 32.1 Å². The number of alkyl carbamates (subject to hydrolysis) is 1. The fraction of sp³-hybridized carbons (Fsp3) is 0.400. The van der Waals surface area contributed by atoms with Crippen LogP contribution in [-0.4, -0.2) is 48.4 Å². The molecule has 2 aromatic rings. The Morgan fingerprint density at radius 3 is 2.15 bits per heavy atom. The quantitative estimate of drug-likeness (QED) is 0.315. The zero-order chi connectivity index (χ0) is 23.9. The van der Waals surface area contributed by atoms with E-state index in [1.165, 1.54) is 0 Å². The Morgan fingerprint density at radius 1 is 0.909 bits per heavy atom. The van der Waals surface area contributed by atoms with E-state index in [0.29, 0.717) is 12.8 Å². The van der Waals surface area contributed by atoms with Gasteiger partial charge in [-0.1, -0.05) is 74.0 Å². The summed E-state index contributed by atoms with van der Waals surface area (Å²) in [7, 11) is 0. The van der Waals surface area contributed by atoms with E-state index in [9.17, 15) is 19.5 Å². The molecule has 8 nitrogen and oxygen atoms in total. The number of esters is 1. The van der Waals surface area contributed by atoms with Crippen molar-refractivity contribution in [2.75, 3.05) is 13.2 Å². The van der Waals surface area contributed by atoms with Crippen molar-refractivity contribution in [2.45, 2.75) is 51.3 Å². The number of carbonyl (C=O) groups is 3. The Labute approximate surface area is 194 Å². The van der Waals surface area contributed by atoms with Crippen molar-refractivity contribution in [3.63, 3.8) is 0 Å². The van der Waals surface area contributed by atoms with Crippen molar-refractivity contribution in [2.24, 2.45) is 0 Å². The molecule has 2 amide bonds. The number of hydrogen-bond acceptors (Lipinski definition) is 6. The molecule has 0 saturated carbocycles. The van der Waals surface area contributed by atoms with E-state index in [1.807, 2.05) is 67.6 Å². The third-order valence-corrected chi connectivity index (χ3v) is 4.84. The monoisotopic (exact) mass is 456 g/mol. The molecule has 33 heavy (non-hydrogen) atoms. The van der Waals surface area contributed by atoms with Gasteiger partial charge in [-0.2, -0.15) is 0 Å². The van der Waals surface area contributed by atoms with E-state index in [1.54, 1.807) is 0 Å². The molecular formula is C25H32N2O6. The van der Waals surface area contributed by atoms with Crippen molar-refractivity contribution in [3.05, 3.63) is 71.8 Å². The molecule has 0 unspecified atom stereocenters. The van der Waals surface area contributed by atoms with E-state index in [2.05, 4.69) is 10.6 Å². The van der Waals surface area contributed by atoms with Crippen LogP contribution in [0.3, 0.4) is 0 Å². The van der Waals surface area contributed by atoms with Gasteiger partial charge in [0.2, 0.25) is 5.91 Å². The van der Waals surface area contributed by atoms with E-state index >= 15 is 0 Å². The van der Waals surface area contributed by atoms with Gasteiger partial charge < -0.3 is 25.2 Å². The number of rotatable bonds is 13. The highest BCUT2D eigenvalue weighted by Crippen LogP contribution is 2.06. The van der Waals surface area contributed by atoms with Gasteiger partial charge in [0, 0.05) is 0 Å². The van der Waals surface area contributed by atoms with Gasteiger partial charge in [0.15, 0.2) is 0 Å². The zero-order valence-corrected chi connectivity index (χ0v) is 18.9. The minimum atomic E-state index is -1.20. The summed E-state index contributed by atoms with van der Waals surface area (Å²) >= 11 is 0. The van der Waals surface area contributed by atoms with E-state index in [-0.39, 0.29) is 26.2 Å². The molecule has 178 valence electrons. The average molecular weight is 457 g/mol. The third kappa shape index (κ3) is 10.2. The molecule has 0 aliphatic heterocycles. The maximum absolute atomic E-state index is 12.9. The van der Waals surface area contributed by atoms with Gasteiger partial charge in [0.1, 0.15) is 12.6 Å². The Hall–Kier alpha value is -3.39. The molecule has 0 spiro atoms. The van der Waals surface area contributed by atoms with Crippen LogP contribution in [0.4, 0.5) is 4.79 Å². The third-order valence-electron chi connectivity index (χ3n) is 4.84. The topological polar surface area (TPSA) is 114 Å². The number of unbranched alkanes of at least 4 members (excludes halogenated alkanes) is 1. The predicted molar refractivity (Wildman–Crippen MR) is 123 cm³/mol. The Morgan fingerprint density at radius 2 is 1.55 bits per heavy atom. The number of amides is 2. The number of ether oxygens (including phenoxy) is 2. The molecule has 3 N–H and O–H groups in total. The van der Waals surface area contributed by atoms with Gasteiger partial charge >= 0.3 is 12.1 Å². The minimum absolute atomic E-state index is 0.0578. The van der Waals surface area contributed by atoms with Gasteiger partial charge in [0.25, 0.3) is 0 Å². The summed E-state index contributed by atoms with van der Waals surface area (Å²) in [4.78, 5) is 37.4. The van der Waals surface area contributed by atoms with Gasteiger partial charge in [-0.05, 0) is 24.0 Å². The van der Waals surface area contributed by atoms with Gasteiger partial charge in [-0.3, -0.25) is 9.59 Å². The summed E-state index contributed by atoms with van der Waals surface area (Å²) in [6, 6.07) is 16.7. The highest BCUT2D eigenvalue weighted by molar-refractivity contribution is 5.89. The number of carbonyl (C=O) groups excluding carboxylic acids is 3. The highest BCUT2D eigenvalue weighted by Gasteiger charge is 2.27. The normalized spacial score (nSPS) is 12.3. The van der Waals surface area contributed by atoms with E-state index in [0.717, 1.165) is 17.5 Å². The first kappa shape index (κ1) is 25.9. The molecule has 0 saturated heterocycles. The summed E-state index contributed by atoms with van der Waals surface area (Å²) in [5, 5.41) is 14.9. The number of aliphatic hydroxyl groups is 1. The molecule has 0 aromatic heterocycles. The molecule has 0 aliphatic rings. The van der Waals surface area contributed by atoms with Crippen LogP contribution in [0.25, 0.3) is 0 Å². The number of benzene rings is 2. The van der Waals surface area contributed by atoms with Crippen molar-refractivity contribution in [1.29, 1.82) is 0 Å². The Kier molecular flexibility index (Phi) is 11.5. The lowest BCUT2D eigenvalue weighted by Crippen LogP contribution is -2.52. The molecule has 0 fully saturated rings. The maximum Gasteiger partial charge on any atom is 0.407 e. The largest absolute Gasteiger partial charge is 0.461 e. The molecule has 0 aliphatic carbocycles. The van der Waals surface area contributed by atoms with Crippen LogP contribution < -0.4 is 10.6 Å². The first-order chi connectivity index (χ1) is 16.0. The second-order valence-electron chi connectivity index (χ2n) is 7.61. The Balaban J connectivity index is 1.98. The molecule has 2 rings (SSSR count). The predicted octanol–water partition coefficient (Wildman–Crippen LogP) is 2.73. The van der Waals surface area contributed by atoms with Crippen molar-refractivity contribution in [3.8, 4) is 0 Å². The summed E-state index contributed by atoms with van der Waals surface area (Å²) in [5.74, 6) is -1.24. The lowest BCUT2D eigenvalue weighted by molar-refractivity contribution is -0.147. The van der Waals surface area contributed by atoms with Gasteiger partial charge in [0.05, 0.1) is 25.7 Å². The second-order valence-corrected chi connectivity index (χ2v) is 7.61. The molecule has 0 bridgehead atoms. The molecule has 8 heteroatoms. The molecule has 0 heterocycles. The van der Waals surface area contributed by atoms with Crippen LogP contribution in [0.1, 0.15) is 37.3 Å². The number of aliphatic hydroxyl groups excluding tert-OH is 1. The van der Waals surface area contributed by atoms with Crippen LogP contribution in [0.5, 0.6) is 0 Å². The minimum Gasteiger partial charge on any atom is -0.461 e. The van der Waals surface area contributed by atoms with Crippen molar-refractivity contribution < 1.29 is 29.0 Å². The molecular weight excluding hydrogens is 424 g/mol. The summed E-state index contributed by atoms with van der Waals surface area (Å²) in [5.41, 5.74) is 1.74. The fourth-order valence-corrected chi connectivity index (χ4v) is 3.03. The van der Waals surface area contributed by atoms with Crippen LogP contribution in [0.2, 0.25) is 0 Å². The standard InChI is InChI=1S/C25H32N2O6/c1-2-3-14-32-25(31)27-22(16-23(29)33-18-20-12-8-5-9-13-20)24(30)26-21(17-28)15-19-10-6-4-7-11-19/h4-13,21-22,28H,2-3,14-18H2,1H3,(H,26,30)(H,27,31)/t21-,22+/m0/s1. The van der Waals surface area contributed by atoms with Crippen LogP contribution in [0.15, 0.2) is 60.7 Å². The molecule has 0 radical (unpaired) electrons. The average Bonchev–Trinajstić information content (AvgIpc) is 2.83. The molecule has 2 atom stereocenters. The van der Waals surface area contributed by atoms with Gasteiger partial charge in [-0.25, -0.2) is 4.79 Å². The van der Waals surface area contributed by atoms with Crippen molar-refractivity contribution in [1.82, 2.24) is 10.6 Å². The van der Waals surface area contributed by atoms with Gasteiger partial charge in [-0.15, -0.1) is 0 Å². The van der Waals surface area contributed by atoms with E-state index < -0.39 is 30.1 Å². The Bertz CT molecular complexity index is 860. The highest BCUT2D eigenvalue weighted by atomic mass is 16.5.